The van der Waals surface area contributed by atoms with Crippen LogP contribution in [-0.2, 0) is 4.74 Å². The predicted octanol–water partition coefficient (Wildman–Crippen LogP) is 3.75. The first-order valence-electron chi connectivity index (χ1n) is 5.16. The van der Waals surface area contributed by atoms with E-state index in [1.807, 2.05) is 0 Å². The van der Waals surface area contributed by atoms with E-state index in [1.54, 1.807) is 18.5 Å². The average Bonchev–Trinajstić information content (AvgIpc) is 2.82. The molecule has 2 rings (SSSR count). The van der Waals surface area contributed by atoms with Gasteiger partial charge < -0.3 is 4.74 Å². The highest BCUT2D eigenvalue weighted by Gasteiger charge is 2.23. The van der Waals surface area contributed by atoms with Crippen molar-refractivity contribution < 1.29 is 14.5 Å². The molecule has 2 aromatic heterocycles. The summed E-state index contributed by atoms with van der Waals surface area (Å²) in [6.45, 7) is 0. The standard InChI is InChI=1S/C11H7BrN2O4S2/c1-18-11(15)9-3-8(10(20-9)14(16)17)19-7-2-6(12)4-13-5-7/h2-5H,1H3. The third-order valence-electron chi connectivity index (χ3n) is 2.14. The molecule has 0 N–H and O–H groups in total. The van der Waals surface area contributed by atoms with Crippen molar-refractivity contribution in [2.24, 2.45) is 0 Å². The lowest BCUT2D eigenvalue weighted by Crippen LogP contribution is -1.96. The maximum Gasteiger partial charge on any atom is 0.348 e. The van der Waals surface area contributed by atoms with E-state index in [1.165, 1.54) is 24.9 Å². The van der Waals surface area contributed by atoms with E-state index in [0.29, 0.717) is 4.90 Å². The highest BCUT2D eigenvalue weighted by atomic mass is 79.9. The van der Waals surface area contributed by atoms with Crippen molar-refractivity contribution in [3.8, 4) is 0 Å². The van der Waals surface area contributed by atoms with Crippen LogP contribution in [0, 0.1) is 10.1 Å². The van der Waals surface area contributed by atoms with Crippen molar-refractivity contribution in [2.45, 2.75) is 9.79 Å². The minimum absolute atomic E-state index is 0.0876. The van der Waals surface area contributed by atoms with Gasteiger partial charge in [-0.1, -0.05) is 23.1 Å². The average molecular weight is 375 g/mol. The zero-order valence-corrected chi connectivity index (χ0v) is 13.3. The topological polar surface area (TPSA) is 82.3 Å². The molecule has 2 aromatic rings. The van der Waals surface area contributed by atoms with E-state index in [-0.39, 0.29) is 9.88 Å². The van der Waals surface area contributed by atoms with Crippen molar-refractivity contribution in [1.29, 1.82) is 0 Å². The highest BCUT2D eigenvalue weighted by Crippen LogP contribution is 2.41. The van der Waals surface area contributed by atoms with Crippen molar-refractivity contribution in [2.75, 3.05) is 7.11 Å². The molecular formula is C11H7BrN2O4S2. The number of carbonyl (C=O) groups excluding carboxylic acids is 1. The molecule has 104 valence electrons. The number of nitrogens with zero attached hydrogens (tertiary/aromatic N) is 2. The lowest BCUT2D eigenvalue weighted by atomic mass is 10.5. The maximum absolute atomic E-state index is 11.4. The number of hydrogen-bond donors (Lipinski definition) is 0. The molecule has 2 heterocycles. The van der Waals surface area contributed by atoms with Crippen molar-refractivity contribution >= 4 is 50.0 Å². The highest BCUT2D eigenvalue weighted by molar-refractivity contribution is 9.10. The molecule has 0 aliphatic rings. The first-order chi connectivity index (χ1) is 9.51. The first kappa shape index (κ1) is 14.9. The Kier molecular flexibility index (Phi) is 4.73. The fourth-order valence-electron chi connectivity index (χ4n) is 1.34. The molecule has 0 aliphatic heterocycles. The molecule has 0 bridgehead atoms. The van der Waals surface area contributed by atoms with Crippen LogP contribution >= 0.6 is 39.0 Å². The largest absolute Gasteiger partial charge is 0.465 e. The summed E-state index contributed by atoms with van der Waals surface area (Å²) >= 11 is 5.25. The summed E-state index contributed by atoms with van der Waals surface area (Å²) in [5, 5.41) is 10.9. The van der Waals surface area contributed by atoms with Gasteiger partial charge in [0.15, 0.2) is 0 Å². The number of esters is 1. The van der Waals surface area contributed by atoms with Crippen molar-refractivity contribution in [1.82, 2.24) is 4.98 Å². The minimum Gasteiger partial charge on any atom is -0.465 e. The maximum atomic E-state index is 11.4. The summed E-state index contributed by atoms with van der Waals surface area (Å²) in [5.74, 6) is -0.586. The van der Waals surface area contributed by atoms with E-state index in [4.69, 9.17) is 0 Å². The molecular weight excluding hydrogens is 368 g/mol. The lowest BCUT2D eigenvalue weighted by Gasteiger charge is -1.98. The Morgan fingerprint density at radius 1 is 1.50 bits per heavy atom. The van der Waals surface area contributed by atoms with Gasteiger partial charge in [-0.2, -0.15) is 0 Å². The molecule has 0 saturated carbocycles. The second kappa shape index (κ2) is 6.33. The second-order valence-electron chi connectivity index (χ2n) is 3.47. The van der Waals surface area contributed by atoms with Gasteiger partial charge in [-0.05, 0) is 28.1 Å². The molecule has 0 radical (unpaired) electrons. The van der Waals surface area contributed by atoms with E-state index >= 15 is 0 Å². The zero-order valence-electron chi connectivity index (χ0n) is 10.0. The van der Waals surface area contributed by atoms with Gasteiger partial charge in [-0.3, -0.25) is 15.1 Å². The number of methoxy groups -OCH3 is 1. The van der Waals surface area contributed by atoms with Crippen LogP contribution in [0.5, 0.6) is 0 Å². The summed E-state index contributed by atoms with van der Waals surface area (Å²) < 4.78 is 5.35. The Labute approximate surface area is 130 Å². The molecule has 0 aromatic carbocycles. The Morgan fingerprint density at radius 3 is 2.85 bits per heavy atom. The number of nitro groups is 1. The number of hydrogen-bond acceptors (Lipinski definition) is 7. The van der Waals surface area contributed by atoms with Crippen molar-refractivity contribution in [3.63, 3.8) is 0 Å². The van der Waals surface area contributed by atoms with Crippen LogP contribution in [0.3, 0.4) is 0 Å². The smallest absolute Gasteiger partial charge is 0.348 e. The summed E-state index contributed by atoms with van der Waals surface area (Å²) in [4.78, 5) is 27.3. The molecule has 0 spiro atoms. The van der Waals surface area contributed by atoms with Gasteiger partial charge in [-0.25, -0.2) is 4.79 Å². The monoisotopic (exact) mass is 374 g/mol. The van der Waals surface area contributed by atoms with Gasteiger partial charge in [0.25, 0.3) is 0 Å². The molecule has 0 aliphatic carbocycles. The van der Waals surface area contributed by atoms with Crippen LogP contribution in [0.15, 0.2) is 38.8 Å². The quantitative estimate of drug-likeness (QED) is 0.460. The molecule has 20 heavy (non-hydrogen) atoms. The molecule has 0 saturated heterocycles. The van der Waals surface area contributed by atoms with Crippen LogP contribution in [0.4, 0.5) is 5.00 Å². The summed E-state index contributed by atoms with van der Waals surface area (Å²) in [7, 11) is 1.24. The van der Waals surface area contributed by atoms with E-state index < -0.39 is 10.9 Å². The van der Waals surface area contributed by atoms with E-state index in [2.05, 4.69) is 25.7 Å². The normalized spacial score (nSPS) is 10.3. The summed E-state index contributed by atoms with van der Waals surface area (Å²) in [6, 6.07) is 3.25. The number of thiophene rings is 1. The van der Waals surface area contributed by atoms with Gasteiger partial charge in [0.1, 0.15) is 9.77 Å². The van der Waals surface area contributed by atoms with Crippen molar-refractivity contribution in [3.05, 3.63) is 44.0 Å². The molecule has 0 unspecified atom stereocenters. The van der Waals surface area contributed by atoms with Gasteiger partial charge in [0.2, 0.25) is 0 Å². The third-order valence-corrected chi connectivity index (χ3v) is 4.76. The van der Waals surface area contributed by atoms with Gasteiger partial charge in [-0.15, -0.1) is 0 Å². The molecule has 0 atom stereocenters. The Balaban J connectivity index is 2.37. The molecule has 0 amide bonds. The van der Waals surface area contributed by atoms with E-state index in [0.717, 1.165) is 20.7 Å². The second-order valence-corrected chi connectivity index (χ2v) is 6.53. The van der Waals surface area contributed by atoms with Crippen LogP contribution in [0.1, 0.15) is 9.67 Å². The minimum atomic E-state index is -0.586. The fourth-order valence-corrected chi connectivity index (χ4v) is 3.86. The Bertz CT molecular complexity index is 674. The van der Waals surface area contributed by atoms with E-state index in [9.17, 15) is 14.9 Å². The Morgan fingerprint density at radius 2 is 2.25 bits per heavy atom. The van der Waals surface area contributed by atoms with Gasteiger partial charge >= 0.3 is 11.0 Å². The Hall–Kier alpha value is -1.45. The van der Waals surface area contributed by atoms with Crippen LogP contribution in [0.2, 0.25) is 0 Å². The lowest BCUT2D eigenvalue weighted by molar-refractivity contribution is -0.382. The number of aromatic nitrogens is 1. The predicted molar refractivity (Wildman–Crippen MR) is 78.4 cm³/mol. The number of rotatable bonds is 4. The fraction of sp³-hybridized carbons (Fsp3) is 0.0909. The van der Waals surface area contributed by atoms with Crippen LogP contribution in [-0.4, -0.2) is 23.0 Å². The molecule has 9 heteroatoms. The number of ether oxygens (including phenoxy) is 1. The number of carbonyl (C=O) groups is 1. The third kappa shape index (κ3) is 3.35. The van der Waals surface area contributed by atoms with Gasteiger partial charge in [0, 0.05) is 21.8 Å². The SMILES string of the molecule is COC(=O)c1cc(Sc2cncc(Br)c2)c([N+](=O)[O-])s1. The van der Waals surface area contributed by atoms with Crippen LogP contribution in [0.25, 0.3) is 0 Å². The molecule has 6 nitrogen and oxygen atoms in total. The molecule has 0 fully saturated rings. The summed E-state index contributed by atoms with van der Waals surface area (Å²) in [5.41, 5.74) is 0. The summed E-state index contributed by atoms with van der Waals surface area (Å²) in [6.07, 6.45) is 3.21. The first-order valence-corrected chi connectivity index (χ1v) is 7.59. The van der Waals surface area contributed by atoms with Crippen LogP contribution < -0.4 is 0 Å². The number of halogens is 1. The van der Waals surface area contributed by atoms with Gasteiger partial charge in [0.05, 0.1) is 12.0 Å². The number of pyridine rings is 1. The zero-order chi connectivity index (χ0) is 14.7.